The van der Waals surface area contributed by atoms with E-state index in [-0.39, 0.29) is 24.2 Å². The minimum absolute atomic E-state index is 0.208. The van der Waals surface area contributed by atoms with Crippen molar-refractivity contribution in [3.63, 3.8) is 0 Å². The number of benzene rings is 2. The number of hydrogen-bond donors (Lipinski definition) is 1. The van der Waals surface area contributed by atoms with Gasteiger partial charge in [-0.2, -0.15) is 13.2 Å². The molecule has 35 heavy (non-hydrogen) atoms. The van der Waals surface area contributed by atoms with Crippen molar-refractivity contribution in [2.45, 2.75) is 25.2 Å². The molecule has 2 aliphatic heterocycles. The molecule has 3 heterocycles. The lowest BCUT2D eigenvalue weighted by Gasteiger charge is -2.49. The fourth-order valence-electron chi connectivity index (χ4n) is 5.01. The Morgan fingerprint density at radius 2 is 1.77 bits per heavy atom. The first-order valence-corrected chi connectivity index (χ1v) is 11.4. The number of hydrogen-bond acceptors (Lipinski definition) is 4. The molecule has 1 aromatic heterocycles. The minimum Gasteiger partial charge on any atom is -0.368 e. The third-order valence-corrected chi connectivity index (χ3v) is 6.78. The summed E-state index contributed by atoms with van der Waals surface area (Å²) in [4.78, 5) is 21.5. The molecule has 5 rings (SSSR count). The minimum atomic E-state index is -4.45. The second kappa shape index (κ2) is 9.20. The topological polar surface area (TPSA) is 48.5 Å². The van der Waals surface area contributed by atoms with Gasteiger partial charge < -0.3 is 15.1 Å². The van der Waals surface area contributed by atoms with E-state index in [1.165, 1.54) is 24.3 Å². The molecule has 0 saturated carbocycles. The maximum Gasteiger partial charge on any atom is 0.416 e. The van der Waals surface area contributed by atoms with E-state index in [4.69, 9.17) is 0 Å². The molecule has 1 amide bonds. The monoisotopic (exact) mass is 484 g/mol. The highest BCUT2D eigenvalue weighted by Gasteiger charge is 2.42. The van der Waals surface area contributed by atoms with Gasteiger partial charge in [0.2, 0.25) is 5.91 Å². The lowest BCUT2D eigenvalue weighted by molar-refractivity contribution is -0.137. The van der Waals surface area contributed by atoms with Crippen LogP contribution in [-0.4, -0.2) is 36.6 Å². The number of fused-ring (bicyclic) bond motifs is 3. The summed E-state index contributed by atoms with van der Waals surface area (Å²) in [6.45, 7) is 1.95. The number of carbonyl (C=O) groups excluding carboxylic acids is 1. The summed E-state index contributed by atoms with van der Waals surface area (Å²) >= 11 is 0. The second-order valence-corrected chi connectivity index (χ2v) is 8.91. The van der Waals surface area contributed by atoms with Crippen molar-refractivity contribution in [3.05, 3.63) is 89.5 Å². The first kappa shape index (κ1) is 23.1. The predicted octanol–water partition coefficient (Wildman–Crippen LogP) is 4.42. The maximum absolute atomic E-state index is 13.4. The summed E-state index contributed by atoms with van der Waals surface area (Å²) in [5, 5.41) is 2.96. The van der Waals surface area contributed by atoms with Crippen LogP contribution in [0.4, 0.5) is 28.9 Å². The molecule has 9 heteroatoms. The van der Waals surface area contributed by atoms with Crippen molar-refractivity contribution in [1.29, 1.82) is 0 Å². The van der Waals surface area contributed by atoms with Crippen LogP contribution in [0.1, 0.15) is 16.7 Å². The fourth-order valence-corrected chi connectivity index (χ4v) is 5.01. The van der Waals surface area contributed by atoms with Gasteiger partial charge in [0.25, 0.3) is 0 Å². The third-order valence-electron chi connectivity index (χ3n) is 6.78. The Kier molecular flexibility index (Phi) is 6.08. The van der Waals surface area contributed by atoms with Crippen molar-refractivity contribution < 1.29 is 22.4 Å². The van der Waals surface area contributed by atoms with Gasteiger partial charge in [-0.15, -0.1) is 0 Å². The van der Waals surface area contributed by atoms with Gasteiger partial charge >= 0.3 is 6.18 Å². The molecule has 0 bridgehead atoms. The highest BCUT2D eigenvalue weighted by atomic mass is 19.4. The number of nitrogens with one attached hydrogen (secondary N) is 1. The average Bonchev–Trinajstić information content (AvgIpc) is 2.86. The molecule has 2 aromatic carbocycles. The number of aromatic nitrogens is 1. The highest BCUT2D eigenvalue weighted by molar-refractivity contribution is 5.82. The molecule has 0 aliphatic carbocycles. The molecule has 0 unspecified atom stereocenters. The molecule has 0 radical (unpaired) electrons. The number of anilines is 2. The second-order valence-electron chi connectivity index (χ2n) is 8.91. The van der Waals surface area contributed by atoms with E-state index in [1.54, 1.807) is 36.7 Å². The Hall–Kier alpha value is -3.62. The van der Waals surface area contributed by atoms with Crippen molar-refractivity contribution in [2.75, 3.05) is 29.4 Å². The van der Waals surface area contributed by atoms with Crippen LogP contribution in [0, 0.1) is 11.7 Å². The maximum atomic E-state index is 13.4. The van der Waals surface area contributed by atoms with E-state index in [9.17, 15) is 22.4 Å². The van der Waals surface area contributed by atoms with Crippen LogP contribution < -0.4 is 15.1 Å². The summed E-state index contributed by atoms with van der Waals surface area (Å²) in [5.74, 6) is -1.08. The van der Waals surface area contributed by atoms with Gasteiger partial charge in [0.15, 0.2) is 0 Å². The van der Waals surface area contributed by atoms with E-state index in [0.29, 0.717) is 31.7 Å². The molecule has 1 fully saturated rings. The predicted molar refractivity (Wildman–Crippen MR) is 124 cm³/mol. The number of halogens is 4. The molecule has 182 valence electrons. The van der Waals surface area contributed by atoms with E-state index < -0.39 is 17.7 Å². The van der Waals surface area contributed by atoms with E-state index >= 15 is 0 Å². The zero-order chi connectivity index (χ0) is 24.6. The van der Waals surface area contributed by atoms with Crippen molar-refractivity contribution in [2.24, 2.45) is 5.92 Å². The first-order chi connectivity index (χ1) is 16.8. The van der Waals surface area contributed by atoms with E-state index in [1.807, 2.05) is 0 Å². The Morgan fingerprint density at radius 3 is 2.49 bits per heavy atom. The summed E-state index contributed by atoms with van der Waals surface area (Å²) in [7, 11) is 0. The van der Waals surface area contributed by atoms with Gasteiger partial charge in [0.05, 0.1) is 17.5 Å². The van der Waals surface area contributed by atoms with Crippen LogP contribution in [0.5, 0.6) is 0 Å². The third kappa shape index (κ3) is 4.80. The van der Waals surface area contributed by atoms with Gasteiger partial charge in [-0.05, 0) is 72.1 Å². The molecule has 0 spiro atoms. The zero-order valence-corrected chi connectivity index (χ0v) is 18.8. The van der Waals surface area contributed by atoms with Crippen molar-refractivity contribution in [3.8, 4) is 0 Å². The van der Waals surface area contributed by atoms with Gasteiger partial charge in [-0.25, -0.2) is 4.39 Å². The number of rotatable bonds is 4. The molecule has 1 N–H and O–H groups in total. The van der Waals surface area contributed by atoms with Crippen LogP contribution >= 0.6 is 0 Å². The first-order valence-electron chi connectivity index (χ1n) is 11.4. The SMILES string of the molecule is O=C(NCc1ccncc1)[C@@H]1Cc2cc(C(F)(F)F)ccc2N2CCN(c3ccc(F)cc3)C[C@H]12. The Bertz CT molecular complexity index is 1200. The van der Waals surface area contributed by atoms with Gasteiger partial charge in [-0.1, -0.05) is 0 Å². The Balaban J connectivity index is 1.44. The molecular formula is C26H24F4N4O. The largest absolute Gasteiger partial charge is 0.416 e. The molecule has 2 atom stereocenters. The molecule has 3 aromatic rings. The van der Waals surface area contributed by atoms with E-state index in [0.717, 1.165) is 23.0 Å². The molecular weight excluding hydrogens is 460 g/mol. The number of alkyl halides is 3. The van der Waals surface area contributed by atoms with E-state index in [2.05, 4.69) is 20.1 Å². The molecule has 2 aliphatic rings. The normalized spacial score (nSPS) is 19.7. The van der Waals surface area contributed by atoms with Crippen molar-refractivity contribution >= 4 is 17.3 Å². The van der Waals surface area contributed by atoms with Crippen LogP contribution in [0.2, 0.25) is 0 Å². The zero-order valence-electron chi connectivity index (χ0n) is 18.8. The van der Waals surface area contributed by atoms with Gasteiger partial charge in [-0.3, -0.25) is 9.78 Å². The van der Waals surface area contributed by atoms with Gasteiger partial charge in [0, 0.05) is 49.9 Å². The summed E-state index contributed by atoms with van der Waals surface area (Å²) in [5.41, 5.74) is 2.28. The number of amides is 1. The summed E-state index contributed by atoms with van der Waals surface area (Å²) in [6, 6.07) is 13.4. The van der Waals surface area contributed by atoms with Gasteiger partial charge in [0.1, 0.15) is 5.82 Å². The number of carbonyl (C=O) groups is 1. The Morgan fingerprint density at radius 1 is 1.03 bits per heavy atom. The summed E-state index contributed by atoms with van der Waals surface area (Å²) in [6.07, 6.45) is -0.965. The quantitative estimate of drug-likeness (QED) is 0.557. The van der Waals surface area contributed by atoms with Crippen LogP contribution in [-0.2, 0) is 23.9 Å². The lowest BCUT2D eigenvalue weighted by atomic mass is 9.82. The number of piperazine rings is 1. The molecule has 5 nitrogen and oxygen atoms in total. The van der Waals surface area contributed by atoms with Crippen LogP contribution in [0.25, 0.3) is 0 Å². The molecule has 1 saturated heterocycles. The number of pyridine rings is 1. The van der Waals surface area contributed by atoms with Crippen LogP contribution in [0.15, 0.2) is 67.0 Å². The van der Waals surface area contributed by atoms with Crippen LogP contribution in [0.3, 0.4) is 0 Å². The van der Waals surface area contributed by atoms with Crippen molar-refractivity contribution in [1.82, 2.24) is 10.3 Å². The average molecular weight is 484 g/mol. The smallest absolute Gasteiger partial charge is 0.368 e. The standard InChI is InChI=1S/C26H24F4N4O/c27-20-2-4-21(5-3-20)33-11-12-34-23-6-1-19(26(28,29)30)13-18(23)14-22(24(34)16-33)25(35)32-15-17-7-9-31-10-8-17/h1-10,13,22,24H,11-12,14-16H2,(H,32,35)/t22-,24-/m1/s1. The summed E-state index contributed by atoms with van der Waals surface area (Å²) < 4.78 is 53.6. The fraction of sp³-hybridized carbons (Fsp3) is 0.308. The highest BCUT2D eigenvalue weighted by Crippen LogP contribution is 2.40. The lowest BCUT2D eigenvalue weighted by Crippen LogP contribution is -2.61. The Labute approximate surface area is 200 Å². The number of nitrogens with zero attached hydrogens (tertiary/aromatic N) is 3.